The van der Waals surface area contributed by atoms with Gasteiger partial charge in [-0.1, -0.05) is 6.07 Å². The molecule has 0 aliphatic carbocycles. The van der Waals surface area contributed by atoms with E-state index in [1.807, 2.05) is 0 Å². The fourth-order valence-electron chi connectivity index (χ4n) is 3.28. The summed E-state index contributed by atoms with van der Waals surface area (Å²) in [7, 11) is -0.0188. The van der Waals surface area contributed by atoms with Crippen molar-refractivity contribution in [2.45, 2.75) is 25.4 Å². The van der Waals surface area contributed by atoms with Crippen molar-refractivity contribution in [2.24, 2.45) is 0 Å². The molecule has 7 nitrogen and oxygen atoms in total. The number of furan rings is 1. The number of methoxy groups -OCH3 is 2. The molecule has 0 N–H and O–H groups in total. The fourth-order valence-corrected chi connectivity index (χ4v) is 5.01. The third-order valence-electron chi connectivity index (χ3n) is 4.68. The molecule has 0 spiro atoms. The van der Waals surface area contributed by atoms with Crippen LogP contribution in [0.3, 0.4) is 0 Å². The van der Waals surface area contributed by atoms with E-state index in [2.05, 4.69) is 0 Å². The van der Waals surface area contributed by atoms with E-state index < -0.39 is 9.84 Å². The van der Waals surface area contributed by atoms with Gasteiger partial charge < -0.3 is 18.8 Å². The summed E-state index contributed by atoms with van der Waals surface area (Å²) in [4.78, 5) is 14.6. The van der Waals surface area contributed by atoms with E-state index in [0.29, 0.717) is 23.7 Å². The van der Waals surface area contributed by atoms with Gasteiger partial charge in [-0.15, -0.1) is 0 Å². The molecular weight excluding hydrogens is 370 g/mol. The quantitative estimate of drug-likeness (QED) is 0.716. The second-order valence-electron chi connectivity index (χ2n) is 6.52. The van der Waals surface area contributed by atoms with E-state index in [-0.39, 0.29) is 36.4 Å². The molecule has 1 aliphatic heterocycles. The molecule has 27 heavy (non-hydrogen) atoms. The van der Waals surface area contributed by atoms with Crippen LogP contribution in [0.2, 0.25) is 0 Å². The molecule has 0 unspecified atom stereocenters. The Hall–Kier alpha value is -2.48. The second kappa shape index (κ2) is 8.04. The number of hydrogen-bond acceptors (Lipinski definition) is 6. The molecule has 2 heterocycles. The van der Waals surface area contributed by atoms with E-state index >= 15 is 0 Å². The van der Waals surface area contributed by atoms with Gasteiger partial charge in [-0.25, -0.2) is 8.42 Å². The van der Waals surface area contributed by atoms with Gasteiger partial charge in [0.15, 0.2) is 21.3 Å². The van der Waals surface area contributed by atoms with Crippen LogP contribution in [-0.4, -0.2) is 51.0 Å². The molecule has 1 aliphatic rings. The minimum absolute atomic E-state index is 0.00855. The van der Waals surface area contributed by atoms with Crippen molar-refractivity contribution >= 4 is 15.7 Å². The van der Waals surface area contributed by atoms with Gasteiger partial charge in [0.25, 0.3) is 0 Å². The zero-order valence-corrected chi connectivity index (χ0v) is 16.2. The highest BCUT2D eigenvalue weighted by Gasteiger charge is 2.35. The summed E-state index contributed by atoms with van der Waals surface area (Å²) in [5, 5.41) is 0. The SMILES string of the molecule is COc1ccc(CC(=O)N(Cc2ccco2)[C@@H]2CCS(=O)(=O)C2)cc1OC. The van der Waals surface area contributed by atoms with Gasteiger partial charge in [-0.3, -0.25) is 4.79 Å². The zero-order chi connectivity index (χ0) is 19.4. The van der Waals surface area contributed by atoms with Crippen molar-refractivity contribution in [3.05, 3.63) is 47.9 Å². The molecule has 0 saturated carbocycles. The standard InChI is InChI=1S/C19H23NO6S/c1-24-17-6-5-14(10-18(17)25-2)11-19(21)20(12-16-4-3-8-26-16)15-7-9-27(22,23)13-15/h3-6,8,10,15H,7,9,11-13H2,1-2H3/t15-/m1/s1. The van der Waals surface area contributed by atoms with E-state index in [0.717, 1.165) is 5.56 Å². The maximum Gasteiger partial charge on any atom is 0.227 e. The lowest BCUT2D eigenvalue weighted by Gasteiger charge is -2.27. The van der Waals surface area contributed by atoms with E-state index in [1.165, 1.54) is 13.4 Å². The smallest absolute Gasteiger partial charge is 0.227 e. The molecule has 1 aromatic carbocycles. The molecular formula is C19H23NO6S. The Kier molecular flexibility index (Phi) is 5.74. The normalized spacial score (nSPS) is 18.2. The van der Waals surface area contributed by atoms with Crippen LogP contribution in [0.15, 0.2) is 41.0 Å². The summed E-state index contributed by atoms with van der Waals surface area (Å²) >= 11 is 0. The summed E-state index contributed by atoms with van der Waals surface area (Å²) in [6.45, 7) is 0.249. The summed E-state index contributed by atoms with van der Waals surface area (Å²) in [5.41, 5.74) is 0.767. The van der Waals surface area contributed by atoms with Gasteiger partial charge in [0, 0.05) is 6.04 Å². The van der Waals surface area contributed by atoms with E-state index in [9.17, 15) is 13.2 Å². The van der Waals surface area contributed by atoms with Gasteiger partial charge in [-0.05, 0) is 36.2 Å². The van der Waals surface area contributed by atoms with Crippen LogP contribution < -0.4 is 9.47 Å². The third-order valence-corrected chi connectivity index (χ3v) is 6.43. The highest BCUT2D eigenvalue weighted by molar-refractivity contribution is 7.91. The summed E-state index contributed by atoms with van der Waals surface area (Å²) in [6, 6.07) is 8.49. The topological polar surface area (TPSA) is 86.0 Å². The minimum atomic E-state index is -3.11. The first-order valence-electron chi connectivity index (χ1n) is 8.65. The molecule has 2 aromatic rings. The summed E-state index contributed by atoms with van der Waals surface area (Å²) < 4.78 is 39.7. The molecule has 1 amide bonds. The number of benzene rings is 1. The monoisotopic (exact) mass is 393 g/mol. The maximum atomic E-state index is 13.0. The van der Waals surface area contributed by atoms with Crippen LogP contribution in [0.4, 0.5) is 0 Å². The Balaban J connectivity index is 1.80. The number of sulfone groups is 1. The lowest BCUT2D eigenvalue weighted by atomic mass is 10.1. The Morgan fingerprint density at radius 1 is 1.22 bits per heavy atom. The molecule has 1 atom stereocenters. The van der Waals surface area contributed by atoms with Gasteiger partial charge in [0.1, 0.15) is 5.76 Å². The molecule has 3 rings (SSSR count). The molecule has 1 saturated heterocycles. The molecule has 146 valence electrons. The Bertz CT molecular complexity index is 891. The Morgan fingerprint density at radius 2 is 2.00 bits per heavy atom. The van der Waals surface area contributed by atoms with Crippen molar-refractivity contribution < 1.29 is 27.1 Å². The molecule has 1 aromatic heterocycles. The molecule has 0 bridgehead atoms. The van der Waals surface area contributed by atoms with Crippen LogP contribution in [0.25, 0.3) is 0 Å². The lowest BCUT2D eigenvalue weighted by molar-refractivity contribution is -0.133. The Morgan fingerprint density at radius 3 is 2.59 bits per heavy atom. The molecule has 8 heteroatoms. The first-order valence-corrected chi connectivity index (χ1v) is 10.5. The van der Waals surface area contributed by atoms with Gasteiger partial charge in [0.2, 0.25) is 5.91 Å². The first kappa shape index (κ1) is 19.3. The van der Waals surface area contributed by atoms with Crippen molar-refractivity contribution in [1.82, 2.24) is 4.90 Å². The van der Waals surface area contributed by atoms with Crippen LogP contribution in [0.5, 0.6) is 11.5 Å². The largest absolute Gasteiger partial charge is 0.493 e. The van der Waals surface area contributed by atoms with Gasteiger partial charge >= 0.3 is 0 Å². The van der Waals surface area contributed by atoms with Crippen molar-refractivity contribution in [1.29, 1.82) is 0 Å². The minimum Gasteiger partial charge on any atom is -0.493 e. The van der Waals surface area contributed by atoms with Crippen LogP contribution >= 0.6 is 0 Å². The fraction of sp³-hybridized carbons (Fsp3) is 0.421. The summed E-state index contributed by atoms with van der Waals surface area (Å²) in [6.07, 6.45) is 2.12. The lowest BCUT2D eigenvalue weighted by Crippen LogP contribution is -2.41. The Labute approximate surface area is 158 Å². The van der Waals surface area contributed by atoms with Crippen molar-refractivity contribution in [2.75, 3.05) is 25.7 Å². The maximum absolute atomic E-state index is 13.0. The summed E-state index contributed by atoms with van der Waals surface area (Å²) in [5.74, 6) is 1.70. The van der Waals surface area contributed by atoms with Crippen LogP contribution in [-0.2, 0) is 27.6 Å². The average molecular weight is 393 g/mol. The number of nitrogens with zero attached hydrogens (tertiary/aromatic N) is 1. The number of amides is 1. The zero-order valence-electron chi connectivity index (χ0n) is 15.4. The number of ether oxygens (including phenoxy) is 2. The highest BCUT2D eigenvalue weighted by atomic mass is 32.2. The number of hydrogen-bond donors (Lipinski definition) is 0. The first-order chi connectivity index (χ1) is 12.9. The second-order valence-corrected chi connectivity index (χ2v) is 8.75. The predicted octanol–water partition coefficient (Wildman–Crippen LogP) is 2.06. The third kappa shape index (κ3) is 4.63. The van der Waals surface area contributed by atoms with Crippen molar-refractivity contribution in [3.8, 4) is 11.5 Å². The van der Waals surface area contributed by atoms with E-state index in [4.69, 9.17) is 13.9 Å². The number of carbonyl (C=O) groups is 1. The molecule has 0 radical (unpaired) electrons. The van der Waals surface area contributed by atoms with Crippen LogP contribution in [0, 0.1) is 0 Å². The van der Waals surface area contributed by atoms with Crippen molar-refractivity contribution in [3.63, 3.8) is 0 Å². The average Bonchev–Trinajstić information content (AvgIpc) is 3.28. The highest BCUT2D eigenvalue weighted by Crippen LogP contribution is 2.28. The number of rotatable bonds is 7. The predicted molar refractivity (Wildman–Crippen MR) is 99.6 cm³/mol. The van der Waals surface area contributed by atoms with Gasteiger partial charge in [-0.2, -0.15) is 0 Å². The van der Waals surface area contributed by atoms with Crippen LogP contribution in [0.1, 0.15) is 17.7 Å². The number of carbonyl (C=O) groups excluding carboxylic acids is 1. The van der Waals surface area contributed by atoms with Gasteiger partial charge in [0.05, 0.1) is 45.0 Å². The van der Waals surface area contributed by atoms with E-state index in [1.54, 1.807) is 42.3 Å². The molecule has 1 fully saturated rings.